The lowest BCUT2D eigenvalue weighted by Crippen LogP contribution is -2.34. The highest BCUT2D eigenvalue weighted by Gasteiger charge is 2.15. The van der Waals surface area contributed by atoms with Crippen LogP contribution in [0.4, 0.5) is 0 Å². The number of hydrogen-bond donors (Lipinski definition) is 2. The van der Waals surface area contributed by atoms with Crippen molar-refractivity contribution in [2.24, 2.45) is 5.92 Å². The second kappa shape index (κ2) is 7.84. The number of halogens is 1. The number of benzene rings is 1. The van der Waals surface area contributed by atoms with Crippen molar-refractivity contribution in [2.45, 2.75) is 19.4 Å². The molecule has 0 amide bonds. The third-order valence-electron chi connectivity index (χ3n) is 3.41. The zero-order valence-corrected chi connectivity index (χ0v) is 12.5. The van der Waals surface area contributed by atoms with E-state index in [9.17, 15) is 5.11 Å². The number of rotatable bonds is 7. The van der Waals surface area contributed by atoms with E-state index in [1.54, 1.807) is 6.07 Å². The maximum Gasteiger partial charge on any atom is 0.119 e. The summed E-state index contributed by atoms with van der Waals surface area (Å²) in [6, 6.07) is 5.49. The molecule has 20 heavy (non-hydrogen) atoms. The lowest BCUT2D eigenvalue weighted by molar-refractivity contribution is 0.105. The van der Waals surface area contributed by atoms with Crippen LogP contribution < -0.4 is 10.1 Å². The van der Waals surface area contributed by atoms with Crippen molar-refractivity contribution in [2.75, 3.05) is 32.9 Å². The maximum atomic E-state index is 9.86. The fourth-order valence-electron chi connectivity index (χ4n) is 2.16. The predicted molar refractivity (Wildman–Crippen MR) is 79.5 cm³/mol. The monoisotopic (exact) mass is 299 g/mol. The van der Waals surface area contributed by atoms with Gasteiger partial charge in [-0.05, 0) is 43.0 Å². The van der Waals surface area contributed by atoms with E-state index in [0.29, 0.717) is 12.5 Å². The Labute approximate surface area is 125 Å². The lowest BCUT2D eigenvalue weighted by Gasteiger charge is -2.15. The number of aryl methyl sites for hydroxylation is 1. The third kappa shape index (κ3) is 4.94. The minimum Gasteiger partial charge on any atom is -0.491 e. The molecule has 2 N–H and O–H groups in total. The van der Waals surface area contributed by atoms with Gasteiger partial charge in [0, 0.05) is 24.7 Å². The first-order valence-electron chi connectivity index (χ1n) is 7.00. The average molecular weight is 300 g/mol. The first kappa shape index (κ1) is 15.6. The van der Waals surface area contributed by atoms with Crippen molar-refractivity contribution in [3.8, 4) is 5.75 Å². The van der Waals surface area contributed by atoms with Gasteiger partial charge in [0.2, 0.25) is 0 Å². The van der Waals surface area contributed by atoms with Crippen LogP contribution in [0.2, 0.25) is 5.02 Å². The Morgan fingerprint density at radius 2 is 2.40 bits per heavy atom. The molecular formula is C15H22ClNO3. The normalized spacial score (nSPS) is 20.1. The minimum absolute atomic E-state index is 0.273. The van der Waals surface area contributed by atoms with Crippen LogP contribution in [0.1, 0.15) is 12.0 Å². The van der Waals surface area contributed by atoms with Crippen molar-refractivity contribution >= 4 is 11.6 Å². The predicted octanol–water partition coefficient (Wildman–Crippen LogP) is 2.01. The first-order chi connectivity index (χ1) is 9.65. The zero-order valence-electron chi connectivity index (χ0n) is 11.8. The summed E-state index contributed by atoms with van der Waals surface area (Å²) in [5, 5.41) is 13.8. The van der Waals surface area contributed by atoms with Gasteiger partial charge in [-0.2, -0.15) is 0 Å². The quantitative estimate of drug-likeness (QED) is 0.809. The van der Waals surface area contributed by atoms with Gasteiger partial charge in [-0.25, -0.2) is 0 Å². The van der Waals surface area contributed by atoms with E-state index in [1.165, 1.54) is 0 Å². The second-order valence-corrected chi connectivity index (χ2v) is 5.67. The largest absolute Gasteiger partial charge is 0.491 e. The SMILES string of the molecule is Cc1cc(OCC(O)CNCC2CCOC2)ccc1Cl. The van der Waals surface area contributed by atoms with E-state index >= 15 is 0 Å². The van der Waals surface area contributed by atoms with E-state index in [4.69, 9.17) is 21.1 Å². The maximum absolute atomic E-state index is 9.86. The van der Waals surface area contributed by atoms with Gasteiger partial charge in [-0.1, -0.05) is 11.6 Å². The van der Waals surface area contributed by atoms with Crippen LogP contribution in [-0.2, 0) is 4.74 Å². The van der Waals surface area contributed by atoms with Gasteiger partial charge in [0.15, 0.2) is 0 Å². The summed E-state index contributed by atoms with van der Waals surface area (Å²) in [5.74, 6) is 1.30. The Morgan fingerprint density at radius 1 is 1.55 bits per heavy atom. The Bertz CT molecular complexity index is 422. The lowest BCUT2D eigenvalue weighted by atomic mass is 10.1. The number of aliphatic hydroxyl groups excluding tert-OH is 1. The summed E-state index contributed by atoms with van der Waals surface area (Å²) in [6.07, 6.45) is 0.581. The van der Waals surface area contributed by atoms with Gasteiger partial charge in [0.25, 0.3) is 0 Å². The first-order valence-corrected chi connectivity index (χ1v) is 7.38. The summed E-state index contributed by atoms with van der Waals surface area (Å²) in [4.78, 5) is 0. The summed E-state index contributed by atoms with van der Waals surface area (Å²) in [7, 11) is 0. The van der Waals surface area contributed by atoms with Crippen molar-refractivity contribution in [3.05, 3.63) is 28.8 Å². The highest BCUT2D eigenvalue weighted by Crippen LogP contribution is 2.21. The number of hydrogen-bond acceptors (Lipinski definition) is 4. The Kier molecular flexibility index (Phi) is 6.10. The topological polar surface area (TPSA) is 50.7 Å². The Balaban J connectivity index is 1.63. The number of nitrogens with one attached hydrogen (secondary N) is 1. The van der Waals surface area contributed by atoms with Crippen LogP contribution in [0.3, 0.4) is 0 Å². The molecule has 112 valence electrons. The van der Waals surface area contributed by atoms with E-state index in [2.05, 4.69) is 5.32 Å². The molecule has 0 spiro atoms. The average Bonchev–Trinajstić information content (AvgIpc) is 2.93. The molecule has 2 rings (SSSR count). The van der Waals surface area contributed by atoms with E-state index in [1.807, 2.05) is 19.1 Å². The molecule has 1 saturated heterocycles. The van der Waals surface area contributed by atoms with E-state index < -0.39 is 6.10 Å². The van der Waals surface area contributed by atoms with Gasteiger partial charge < -0.3 is 19.9 Å². The van der Waals surface area contributed by atoms with Crippen molar-refractivity contribution in [3.63, 3.8) is 0 Å². The fraction of sp³-hybridized carbons (Fsp3) is 0.600. The van der Waals surface area contributed by atoms with Crippen molar-refractivity contribution in [1.82, 2.24) is 5.32 Å². The summed E-state index contributed by atoms with van der Waals surface area (Å²) in [6.45, 7) is 5.30. The highest BCUT2D eigenvalue weighted by atomic mass is 35.5. The van der Waals surface area contributed by atoms with Crippen LogP contribution in [0, 0.1) is 12.8 Å². The van der Waals surface area contributed by atoms with Gasteiger partial charge in [-0.3, -0.25) is 0 Å². The van der Waals surface area contributed by atoms with Crippen molar-refractivity contribution in [1.29, 1.82) is 0 Å². The van der Waals surface area contributed by atoms with Crippen molar-refractivity contribution < 1.29 is 14.6 Å². The molecule has 5 heteroatoms. The highest BCUT2D eigenvalue weighted by molar-refractivity contribution is 6.31. The minimum atomic E-state index is -0.520. The molecule has 1 aromatic rings. The van der Waals surface area contributed by atoms with Crippen LogP contribution in [-0.4, -0.2) is 44.1 Å². The molecule has 1 aromatic carbocycles. The molecule has 0 bridgehead atoms. The zero-order chi connectivity index (χ0) is 14.4. The van der Waals surface area contributed by atoms with Crippen LogP contribution in [0.15, 0.2) is 18.2 Å². The number of aliphatic hydroxyl groups is 1. The van der Waals surface area contributed by atoms with Gasteiger partial charge in [0.05, 0.1) is 6.61 Å². The smallest absolute Gasteiger partial charge is 0.119 e. The van der Waals surface area contributed by atoms with Gasteiger partial charge in [0.1, 0.15) is 18.5 Å². The summed E-state index contributed by atoms with van der Waals surface area (Å²) >= 11 is 5.95. The van der Waals surface area contributed by atoms with Crippen LogP contribution in [0.5, 0.6) is 5.75 Å². The summed E-state index contributed by atoms with van der Waals surface area (Å²) < 4.78 is 10.9. The van der Waals surface area contributed by atoms with Crippen LogP contribution >= 0.6 is 11.6 Å². The van der Waals surface area contributed by atoms with Gasteiger partial charge in [-0.15, -0.1) is 0 Å². The van der Waals surface area contributed by atoms with Gasteiger partial charge >= 0.3 is 0 Å². The molecule has 0 radical (unpaired) electrons. The molecule has 0 aromatic heterocycles. The molecule has 0 aliphatic carbocycles. The molecule has 2 unspecified atom stereocenters. The second-order valence-electron chi connectivity index (χ2n) is 5.26. The molecule has 1 heterocycles. The third-order valence-corrected chi connectivity index (χ3v) is 3.83. The Morgan fingerprint density at radius 3 is 3.10 bits per heavy atom. The molecule has 2 atom stereocenters. The molecule has 1 fully saturated rings. The molecule has 4 nitrogen and oxygen atoms in total. The molecule has 1 aliphatic rings. The molecule has 0 saturated carbocycles. The van der Waals surface area contributed by atoms with E-state index in [-0.39, 0.29) is 6.61 Å². The standard InChI is InChI=1S/C15H22ClNO3/c1-11-6-14(2-3-15(11)16)20-10-13(18)8-17-7-12-4-5-19-9-12/h2-3,6,12-13,17-18H,4-5,7-10H2,1H3. The van der Waals surface area contributed by atoms with E-state index in [0.717, 1.165) is 42.5 Å². The number of ether oxygens (including phenoxy) is 2. The summed E-state index contributed by atoms with van der Waals surface area (Å²) in [5.41, 5.74) is 0.970. The fourth-order valence-corrected chi connectivity index (χ4v) is 2.27. The molecular weight excluding hydrogens is 278 g/mol. The molecule has 1 aliphatic heterocycles. The Hall–Kier alpha value is -0.810. The van der Waals surface area contributed by atoms with Crippen LogP contribution in [0.25, 0.3) is 0 Å².